The van der Waals surface area contributed by atoms with Crippen LogP contribution in [0, 0.1) is 10.1 Å². The number of benzene rings is 1. The third-order valence-corrected chi connectivity index (χ3v) is 3.86. The fourth-order valence-corrected chi connectivity index (χ4v) is 2.96. The van der Waals surface area contributed by atoms with Gasteiger partial charge in [-0.05, 0) is 26.0 Å². The average molecular weight is 307 g/mol. The molecule has 7 nitrogen and oxygen atoms in total. The first kappa shape index (κ1) is 14.9. The molecule has 1 aromatic rings. The van der Waals surface area contributed by atoms with Crippen LogP contribution in [0.15, 0.2) is 24.3 Å². The minimum atomic E-state index is -0.581. The Morgan fingerprint density at radius 1 is 1.23 bits per heavy atom. The first-order chi connectivity index (χ1) is 10.3. The number of hydrogen-bond donors (Lipinski definition) is 0. The maximum absolute atomic E-state index is 12.1. The van der Waals surface area contributed by atoms with E-state index in [1.54, 1.807) is 0 Å². The molecule has 118 valence electrons. The number of non-ortho nitro benzene ring substituents is 1. The predicted octanol–water partition coefficient (Wildman–Crippen LogP) is 2.43. The Hall–Kier alpha value is -1.99. The maximum Gasteiger partial charge on any atom is 0.338 e. The molecule has 1 aliphatic carbocycles. The third-order valence-electron chi connectivity index (χ3n) is 3.86. The molecule has 1 aliphatic heterocycles. The van der Waals surface area contributed by atoms with Crippen LogP contribution in [0.2, 0.25) is 0 Å². The molecule has 22 heavy (non-hydrogen) atoms. The van der Waals surface area contributed by atoms with E-state index >= 15 is 0 Å². The summed E-state index contributed by atoms with van der Waals surface area (Å²) in [4.78, 5) is 22.1. The second kappa shape index (κ2) is 5.33. The fourth-order valence-electron chi connectivity index (χ4n) is 2.96. The number of ether oxygens (including phenoxy) is 3. The van der Waals surface area contributed by atoms with Crippen LogP contribution in [0.4, 0.5) is 5.69 Å². The quantitative estimate of drug-likeness (QED) is 0.484. The Morgan fingerprint density at radius 3 is 2.27 bits per heavy atom. The van der Waals surface area contributed by atoms with Gasteiger partial charge >= 0.3 is 5.97 Å². The van der Waals surface area contributed by atoms with Gasteiger partial charge in [-0.2, -0.15) is 0 Å². The van der Waals surface area contributed by atoms with E-state index in [1.165, 1.54) is 24.3 Å². The van der Waals surface area contributed by atoms with Crippen LogP contribution in [0.3, 0.4) is 0 Å². The van der Waals surface area contributed by atoms with Gasteiger partial charge in [0, 0.05) is 25.0 Å². The van der Waals surface area contributed by atoms with Gasteiger partial charge in [-0.3, -0.25) is 10.1 Å². The van der Waals surface area contributed by atoms with Crippen LogP contribution in [0.5, 0.6) is 0 Å². The molecule has 0 unspecified atom stereocenters. The van der Waals surface area contributed by atoms with Crippen molar-refractivity contribution in [3.63, 3.8) is 0 Å². The van der Waals surface area contributed by atoms with E-state index in [0.717, 1.165) is 0 Å². The number of nitro groups is 1. The van der Waals surface area contributed by atoms with Gasteiger partial charge in [0.25, 0.3) is 5.69 Å². The largest absolute Gasteiger partial charge is 0.459 e. The van der Waals surface area contributed by atoms with Crippen molar-refractivity contribution in [3.8, 4) is 0 Å². The van der Waals surface area contributed by atoms with Gasteiger partial charge < -0.3 is 14.2 Å². The second-order valence-corrected chi connectivity index (χ2v) is 6.02. The van der Waals surface area contributed by atoms with E-state index in [9.17, 15) is 14.9 Å². The summed E-state index contributed by atoms with van der Waals surface area (Å²) in [5.74, 6) is -1.07. The van der Waals surface area contributed by atoms with Crippen LogP contribution < -0.4 is 0 Å². The Bertz CT molecular complexity index is 581. The smallest absolute Gasteiger partial charge is 0.338 e. The number of fused-ring (bicyclic) bond motifs is 1. The summed E-state index contributed by atoms with van der Waals surface area (Å²) in [6.45, 7) is 3.73. The van der Waals surface area contributed by atoms with Gasteiger partial charge in [0.05, 0.1) is 22.7 Å². The lowest BCUT2D eigenvalue weighted by Crippen LogP contribution is -2.25. The van der Waals surface area contributed by atoms with Crippen molar-refractivity contribution >= 4 is 11.7 Å². The summed E-state index contributed by atoms with van der Waals surface area (Å²) in [6.07, 6.45) is 0.850. The van der Waals surface area contributed by atoms with E-state index < -0.39 is 16.7 Å². The molecule has 0 amide bonds. The van der Waals surface area contributed by atoms with E-state index in [0.29, 0.717) is 18.4 Å². The van der Waals surface area contributed by atoms with Crippen molar-refractivity contribution in [3.05, 3.63) is 39.9 Å². The number of nitrogens with zero attached hydrogens (tertiary/aromatic N) is 1. The highest BCUT2D eigenvalue weighted by molar-refractivity contribution is 5.89. The van der Waals surface area contributed by atoms with Gasteiger partial charge in [0.15, 0.2) is 5.79 Å². The predicted molar refractivity (Wildman–Crippen MR) is 75.4 cm³/mol. The zero-order valence-electron chi connectivity index (χ0n) is 12.4. The number of carbonyl (C=O) groups is 1. The number of nitro benzene ring substituents is 1. The molecule has 0 spiro atoms. The van der Waals surface area contributed by atoms with Crippen molar-refractivity contribution in [1.82, 2.24) is 0 Å². The molecule has 2 fully saturated rings. The van der Waals surface area contributed by atoms with Crippen molar-refractivity contribution in [2.75, 3.05) is 0 Å². The van der Waals surface area contributed by atoms with E-state index in [2.05, 4.69) is 0 Å². The van der Waals surface area contributed by atoms with Gasteiger partial charge in [0.2, 0.25) is 0 Å². The molecular weight excluding hydrogens is 290 g/mol. The monoisotopic (exact) mass is 307 g/mol. The number of hydrogen-bond acceptors (Lipinski definition) is 6. The van der Waals surface area contributed by atoms with Crippen LogP contribution in [-0.2, 0) is 14.2 Å². The average Bonchev–Trinajstić information content (AvgIpc) is 2.91. The molecule has 1 heterocycles. The molecule has 0 aromatic heterocycles. The maximum atomic E-state index is 12.1. The number of esters is 1. The van der Waals surface area contributed by atoms with Crippen LogP contribution in [0.1, 0.15) is 37.0 Å². The third kappa shape index (κ3) is 2.95. The Labute approximate surface area is 127 Å². The Balaban J connectivity index is 1.58. The van der Waals surface area contributed by atoms with E-state index in [1.807, 2.05) is 13.8 Å². The minimum Gasteiger partial charge on any atom is -0.459 e. The number of carbonyl (C=O) groups excluding carboxylic acids is 1. The lowest BCUT2D eigenvalue weighted by molar-refractivity contribution is -0.384. The second-order valence-electron chi connectivity index (χ2n) is 6.02. The summed E-state index contributed by atoms with van der Waals surface area (Å²) >= 11 is 0. The SMILES string of the molecule is CC1(C)O[C@H]2C[C@H](OC(=O)c3ccc([N+](=O)[O-])cc3)C[C@H]2O1. The summed E-state index contributed by atoms with van der Waals surface area (Å²) in [5.41, 5.74) is 0.237. The molecule has 2 aliphatic rings. The van der Waals surface area contributed by atoms with Crippen molar-refractivity contribution < 1.29 is 23.9 Å². The summed E-state index contributed by atoms with van der Waals surface area (Å²) in [5, 5.41) is 10.6. The molecular formula is C15H17NO6. The highest BCUT2D eigenvalue weighted by Gasteiger charge is 2.48. The lowest BCUT2D eigenvalue weighted by atomic mass is 10.2. The molecule has 3 rings (SSSR count). The van der Waals surface area contributed by atoms with Gasteiger partial charge in [-0.25, -0.2) is 4.79 Å². The molecule has 1 saturated heterocycles. The first-order valence-corrected chi connectivity index (χ1v) is 7.15. The van der Waals surface area contributed by atoms with E-state index in [-0.39, 0.29) is 24.0 Å². The molecule has 0 bridgehead atoms. The zero-order chi connectivity index (χ0) is 15.9. The first-order valence-electron chi connectivity index (χ1n) is 7.15. The zero-order valence-corrected chi connectivity index (χ0v) is 12.4. The molecule has 3 atom stereocenters. The summed E-state index contributed by atoms with van der Waals surface area (Å²) in [6, 6.07) is 5.36. The van der Waals surface area contributed by atoms with Gasteiger partial charge in [-0.15, -0.1) is 0 Å². The molecule has 0 N–H and O–H groups in total. The summed E-state index contributed by atoms with van der Waals surface area (Å²) in [7, 11) is 0. The van der Waals surface area contributed by atoms with Crippen LogP contribution in [0.25, 0.3) is 0 Å². The Morgan fingerprint density at radius 2 is 1.77 bits per heavy atom. The molecule has 1 aromatic carbocycles. The van der Waals surface area contributed by atoms with Crippen molar-refractivity contribution in [2.24, 2.45) is 0 Å². The minimum absolute atomic E-state index is 0.0512. The van der Waals surface area contributed by atoms with Gasteiger partial charge in [-0.1, -0.05) is 0 Å². The van der Waals surface area contributed by atoms with Crippen LogP contribution >= 0.6 is 0 Å². The van der Waals surface area contributed by atoms with Crippen molar-refractivity contribution in [1.29, 1.82) is 0 Å². The fraction of sp³-hybridized carbons (Fsp3) is 0.533. The van der Waals surface area contributed by atoms with Gasteiger partial charge in [0.1, 0.15) is 6.10 Å². The van der Waals surface area contributed by atoms with Crippen molar-refractivity contribution in [2.45, 2.75) is 50.8 Å². The van der Waals surface area contributed by atoms with E-state index in [4.69, 9.17) is 14.2 Å². The van der Waals surface area contributed by atoms with Crippen LogP contribution in [-0.4, -0.2) is 35.0 Å². The topological polar surface area (TPSA) is 87.9 Å². The molecule has 7 heteroatoms. The summed E-state index contributed by atoms with van der Waals surface area (Å²) < 4.78 is 16.9. The highest BCUT2D eigenvalue weighted by Crippen LogP contribution is 2.39. The highest BCUT2D eigenvalue weighted by atomic mass is 16.8. The molecule has 0 radical (unpaired) electrons. The number of rotatable bonds is 3. The normalized spacial score (nSPS) is 29.1. The lowest BCUT2D eigenvalue weighted by Gasteiger charge is -2.20. The molecule has 1 saturated carbocycles. The Kier molecular flexibility index (Phi) is 3.62. The standard InChI is InChI=1S/C15H17NO6/c1-15(2)21-12-7-11(8-13(12)22-15)20-14(17)9-3-5-10(6-4-9)16(18)19/h3-6,11-13H,7-8H2,1-2H3/t11-,12-,13+.